The number of thiophene rings is 1. The van der Waals surface area contributed by atoms with Crippen LogP contribution in [0.3, 0.4) is 0 Å². The Labute approximate surface area is 122 Å². The average Bonchev–Trinajstić information content (AvgIpc) is 2.73. The number of hydrogen-bond donors (Lipinski definition) is 2. The van der Waals surface area contributed by atoms with E-state index in [9.17, 15) is 13.4 Å². The van der Waals surface area contributed by atoms with Crippen molar-refractivity contribution in [2.24, 2.45) is 0 Å². The van der Waals surface area contributed by atoms with Gasteiger partial charge < -0.3 is 11.1 Å². The largest absolute Gasteiger partial charge is 0.397 e. The molecule has 0 radical (unpaired) electrons. The number of fused-ring (bicyclic) bond motifs is 1. The van der Waals surface area contributed by atoms with Crippen molar-refractivity contribution < 1.29 is 13.4 Å². The average molecular weight is 314 g/mol. The Morgan fingerprint density at radius 2 is 2.25 bits per heavy atom. The topological polar surface area (TPSA) is 72.2 Å². The van der Waals surface area contributed by atoms with E-state index in [1.54, 1.807) is 19.2 Å². The minimum Gasteiger partial charge on any atom is -0.397 e. The van der Waals surface area contributed by atoms with Gasteiger partial charge in [-0.05, 0) is 25.1 Å². The molecule has 0 aliphatic heterocycles. The molecule has 20 heavy (non-hydrogen) atoms. The smallest absolute Gasteiger partial charge is 0.263 e. The summed E-state index contributed by atoms with van der Waals surface area (Å²) in [7, 11) is -0.998. The second-order valence-corrected chi connectivity index (χ2v) is 7.36. The summed E-state index contributed by atoms with van der Waals surface area (Å²) in [5.41, 5.74) is 6.18. The second-order valence-electron chi connectivity index (χ2n) is 4.50. The highest BCUT2D eigenvalue weighted by Crippen LogP contribution is 2.33. The molecule has 0 fully saturated rings. The third kappa shape index (κ3) is 2.99. The fraction of sp³-hybridized carbons (Fsp3) is 0.308. The van der Waals surface area contributed by atoms with E-state index in [0.717, 1.165) is 4.70 Å². The van der Waals surface area contributed by atoms with Gasteiger partial charge in [0, 0.05) is 38.9 Å². The standard InChI is InChI=1S/C13H15FN2O2S2/c1-7(20(2)18)6-16-13(17)12-11(15)9-5-8(14)3-4-10(9)19-12/h3-5,7H,6,15H2,1-2H3,(H,16,17). The van der Waals surface area contributed by atoms with Crippen molar-refractivity contribution in [3.8, 4) is 0 Å². The molecule has 2 unspecified atom stereocenters. The Kier molecular flexibility index (Phi) is 4.39. The first-order valence-electron chi connectivity index (χ1n) is 5.98. The summed E-state index contributed by atoms with van der Waals surface area (Å²) in [6, 6.07) is 4.26. The summed E-state index contributed by atoms with van der Waals surface area (Å²) in [6.45, 7) is 2.10. The number of hydrogen-bond acceptors (Lipinski definition) is 4. The molecule has 4 nitrogen and oxygen atoms in total. The third-order valence-electron chi connectivity index (χ3n) is 3.01. The van der Waals surface area contributed by atoms with Crippen molar-refractivity contribution in [1.29, 1.82) is 0 Å². The van der Waals surface area contributed by atoms with Crippen LogP contribution in [0, 0.1) is 5.82 Å². The number of nitrogens with one attached hydrogen (secondary N) is 1. The zero-order chi connectivity index (χ0) is 14.9. The van der Waals surface area contributed by atoms with Gasteiger partial charge in [0.1, 0.15) is 10.7 Å². The molecular weight excluding hydrogens is 299 g/mol. The Hall–Kier alpha value is -1.47. The van der Waals surface area contributed by atoms with Crippen LogP contribution in [-0.2, 0) is 10.8 Å². The lowest BCUT2D eigenvalue weighted by atomic mass is 10.2. The van der Waals surface area contributed by atoms with Crippen molar-refractivity contribution in [2.75, 3.05) is 18.5 Å². The predicted octanol–water partition coefficient (Wildman–Crippen LogP) is 2.12. The van der Waals surface area contributed by atoms with Crippen LogP contribution in [0.15, 0.2) is 18.2 Å². The molecule has 2 atom stereocenters. The van der Waals surface area contributed by atoms with Crippen LogP contribution in [0.2, 0.25) is 0 Å². The summed E-state index contributed by atoms with van der Waals surface area (Å²) in [5.74, 6) is -0.703. The van der Waals surface area contributed by atoms with Crippen molar-refractivity contribution in [3.05, 3.63) is 28.9 Å². The van der Waals surface area contributed by atoms with Crippen LogP contribution < -0.4 is 11.1 Å². The molecule has 0 saturated carbocycles. The van der Waals surface area contributed by atoms with Gasteiger partial charge in [-0.25, -0.2) is 4.39 Å². The molecule has 1 heterocycles. The monoisotopic (exact) mass is 314 g/mol. The molecule has 2 rings (SSSR count). The summed E-state index contributed by atoms with van der Waals surface area (Å²) < 4.78 is 25.2. The lowest BCUT2D eigenvalue weighted by Crippen LogP contribution is -2.32. The molecule has 2 aromatic rings. The Balaban J connectivity index is 2.22. The number of nitrogens with two attached hydrogens (primary N) is 1. The molecule has 3 N–H and O–H groups in total. The maximum absolute atomic E-state index is 13.2. The zero-order valence-electron chi connectivity index (χ0n) is 11.1. The number of amides is 1. The minimum atomic E-state index is -0.998. The quantitative estimate of drug-likeness (QED) is 0.908. The molecule has 1 aromatic carbocycles. The summed E-state index contributed by atoms with van der Waals surface area (Å²) in [4.78, 5) is 12.4. The highest BCUT2D eigenvalue weighted by molar-refractivity contribution is 7.84. The van der Waals surface area contributed by atoms with Gasteiger partial charge in [-0.2, -0.15) is 0 Å². The fourth-order valence-electron chi connectivity index (χ4n) is 1.69. The van der Waals surface area contributed by atoms with Crippen molar-refractivity contribution in [3.63, 3.8) is 0 Å². The van der Waals surface area contributed by atoms with Gasteiger partial charge in [0.25, 0.3) is 5.91 Å². The molecule has 0 aliphatic carbocycles. The molecule has 0 aliphatic rings. The number of carbonyl (C=O) groups is 1. The number of nitrogen functional groups attached to an aromatic ring is 1. The van der Waals surface area contributed by atoms with E-state index >= 15 is 0 Å². The second kappa shape index (κ2) is 5.88. The molecule has 0 bridgehead atoms. The first-order chi connectivity index (χ1) is 9.40. The SMILES string of the molecule is CC(CNC(=O)c1sc2ccc(F)cc2c1N)S(C)=O. The number of benzene rings is 1. The lowest BCUT2D eigenvalue weighted by Gasteiger charge is -2.09. The number of halogens is 1. The van der Waals surface area contributed by atoms with E-state index in [1.165, 1.54) is 23.5 Å². The van der Waals surface area contributed by atoms with Crippen molar-refractivity contribution in [1.82, 2.24) is 5.32 Å². The highest BCUT2D eigenvalue weighted by Gasteiger charge is 2.17. The summed E-state index contributed by atoms with van der Waals surface area (Å²) >= 11 is 1.22. The normalized spacial score (nSPS) is 14.2. The molecule has 0 saturated heterocycles. The van der Waals surface area contributed by atoms with Crippen LogP contribution in [0.25, 0.3) is 10.1 Å². The summed E-state index contributed by atoms with van der Waals surface area (Å²) in [6.07, 6.45) is 1.59. The number of carbonyl (C=O) groups excluding carboxylic acids is 1. The van der Waals surface area contributed by atoms with Gasteiger partial charge in [-0.1, -0.05) is 0 Å². The van der Waals surface area contributed by atoms with Gasteiger partial charge in [0.05, 0.1) is 5.69 Å². The third-order valence-corrected chi connectivity index (χ3v) is 5.50. The molecule has 1 aromatic heterocycles. The number of anilines is 1. The number of rotatable bonds is 4. The van der Waals surface area contributed by atoms with Gasteiger partial charge in [0.15, 0.2) is 0 Å². The molecule has 1 amide bonds. The van der Waals surface area contributed by atoms with Crippen LogP contribution in [0.1, 0.15) is 16.6 Å². The fourth-order valence-corrected chi connectivity index (χ4v) is 3.03. The van der Waals surface area contributed by atoms with E-state index in [-0.39, 0.29) is 22.7 Å². The van der Waals surface area contributed by atoms with E-state index < -0.39 is 10.8 Å². The van der Waals surface area contributed by atoms with Crippen LogP contribution in [-0.4, -0.2) is 28.2 Å². The van der Waals surface area contributed by atoms with Crippen LogP contribution >= 0.6 is 11.3 Å². The van der Waals surface area contributed by atoms with Crippen molar-refractivity contribution >= 4 is 43.8 Å². The van der Waals surface area contributed by atoms with Crippen LogP contribution in [0.5, 0.6) is 0 Å². The van der Waals surface area contributed by atoms with Gasteiger partial charge >= 0.3 is 0 Å². The van der Waals surface area contributed by atoms with Gasteiger partial charge in [0.2, 0.25) is 0 Å². The minimum absolute atomic E-state index is 0.132. The van der Waals surface area contributed by atoms with E-state index in [1.807, 2.05) is 0 Å². The molecule has 108 valence electrons. The van der Waals surface area contributed by atoms with E-state index in [4.69, 9.17) is 5.73 Å². The zero-order valence-corrected chi connectivity index (χ0v) is 12.7. The molecule has 0 spiro atoms. The summed E-state index contributed by atoms with van der Waals surface area (Å²) in [5, 5.41) is 3.12. The maximum atomic E-state index is 13.2. The lowest BCUT2D eigenvalue weighted by molar-refractivity contribution is 0.0959. The van der Waals surface area contributed by atoms with Crippen molar-refractivity contribution in [2.45, 2.75) is 12.2 Å². The molecular formula is C13H15FN2O2S2. The van der Waals surface area contributed by atoms with Gasteiger partial charge in [-0.3, -0.25) is 9.00 Å². The highest BCUT2D eigenvalue weighted by atomic mass is 32.2. The predicted molar refractivity (Wildman–Crippen MR) is 82.1 cm³/mol. The van der Waals surface area contributed by atoms with E-state index in [2.05, 4.69) is 5.32 Å². The first kappa shape index (κ1) is 14.9. The maximum Gasteiger partial charge on any atom is 0.263 e. The Morgan fingerprint density at radius 1 is 1.55 bits per heavy atom. The Bertz CT molecular complexity index is 684. The Morgan fingerprint density at radius 3 is 2.90 bits per heavy atom. The first-order valence-corrected chi connectivity index (χ1v) is 8.42. The van der Waals surface area contributed by atoms with Gasteiger partial charge in [-0.15, -0.1) is 11.3 Å². The van der Waals surface area contributed by atoms with Crippen LogP contribution in [0.4, 0.5) is 10.1 Å². The molecule has 7 heteroatoms. The van der Waals surface area contributed by atoms with E-state index in [0.29, 0.717) is 16.8 Å².